The molecule has 1 saturated carbocycles. The Morgan fingerprint density at radius 2 is 2.00 bits per heavy atom. The molecule has 1 aromatic rings. The Hall–Kier alpha value is -1.56. The standard InChI is InChI=1S/C14H16F3NO2/c15-14(16,17)20-12-7-2-1-5-11(12)13(19)10-6-3-4-9(10)8-18/h1-2,5,7,9-10H,3-4,6,8,18H2. The summed E-state index contributed by atoms with van der Waals surface area (Å²) >= 11 is 0. The maximum Gasteiger partial charge on any atom is 0.573 e. The SMILES string of the molecule is NCC1CCCC1C(=O)c1ccccc1OC(F)(F)F. The van der Waals surface area contributed by atoms with E-state index in [9.17, 15) is 18.0 Å². The molecule has 2 N–H and O–H groups in total. The monoisotopic (exact) mass is 287 g/mol. The summed E-state index contributed by atoms with van der Waals surface area (Å²) in [5.41, 5.74) is 5.60. The molecule has 0 amide bonds. The van der Waals surface area contributed by atoms with E-state index in [1.165, 1.54) is 18.2 Å². The zero-order valence-corrected chi connectivity index (χ0v) is 10.8. The van der Waals surface area contributed by atoms with Gasteiger partial charge in [-0.15, -0.1) is 13.2 Å². The lowest BCUT2D eigenvalue weighted by Crippen LogP contribution is -2.26. The Morgan fingerprint density at radius 1 is 1.30 bits per heavy atom. The third kappa shape index (κ3) is 3.30. The van der Waals surface area contributed by atoms with E-state index in [1.807, 2.05) is 0 Å². The lowest BCUT2D eigenvalue weighted by molar-refractivity contribution is -0.274. The Kier molecular flexibility index (Phi) is 4.32. The second-order valence-corrected chi connectivity index (χ2v) is 4.94. The van der Waals surface area contributed by atoms with Gasteiger partial charge >= 0.3 is 6.36 Å². The first-order valence-electron chi connectivity index (χ1n) is 6.51. The van der Waals surface area contributed by atoms with Gasteiger partial charge in [-0.3, -0.25) is 4.79 Å². The minimum Gasteiger partial charge on any atom is -0.405 e. The van der Waals surface area contributed by atoms with Gasteiger partial charge in [0, 0.05) is 5.92 Å². The van der Waals surface area contributed by atoms with Crippen molar-refractivity contribution in [3.8, 4) is 5.75 Å². The molecule has 0 aliphatic heterocycles. The number of benzene rings is 1. The van der Waals surface area contributed by atoms with Crippen LogP contribution in [0.5, 0.6) is 5.75 Å². The molecule has 0 bridgehead atoms. The van der Waals surface area contributed by atoms with Crippen LogP contribution in [0.3, 0.4) is 0 Å². The molecule has 0 radical (unpaired) electrons. The Bertz CT molecular complexity index is 488. The van der Waals surface area contributed by atoms with Gasteiger partial charge in [-0.2, -0.15) is 0 Å². The van der Waals surface area contributed by atoms with Crippen molar-refractivity contribution < 1.29 is 22.7 Å². The summed E-state index contributed by atoms with van der Waals surface area (Å²) in [6, 6.07) is 5.47. The predicted octanol–water partition coefficient (Wildman–Crippen LogP) is 3.14. The fraction of sp³-hybridized carbons (Fsp3) is 0.500. The first-order valence-corrected chi connectivity index (χ1v) is 6.51. The zero-order valence-electron chi connectivity index (χ0n) is 10.8. The molecule has 1 fully saturated rings. The van der Waals surface area contributed by atoms with Crippen molar-refractivity contribution in [1.29, 1.82) is 0 Å². The summed E-state index contributed by atoms with van der Waals surface area (Å²) in [4.78, 5) is 12.4. The lowest BCUT2D eigenvalue weighted by Gasteiger charge is -2.19. The van der Waals surface area contributed by atoms with Gasteiger partial charge in [-0.1, -0.05) is 18.6 Å². The van der Waals surface area contributed by atoms with E-state index in [2.05, 4.69) is 4.74 Å². The van der Waals surface area contributed by atoms with E-state index in [-0.39, 0.29) is 23.2 Å². The highest BCUT2D eigenvalue weighted by Crippen LogP contribution is 2.36. The minimum atomic E-state index is -4.81. The van der Waals surface area contributed by atoms with Crippen LogP contribution in [0.1, 0.15) is 29.6 Å². The Morgan fingerprint density at radius 3 is 2.65 bits per heavy atom. The van der Waals surface area contributed by atoms with Crippen molar-refractivity contribution in [1.82, 2.24) is 0 Å². The van der Waals surface area contributed by atoms with E-state index in [0.29, 0.717) is 13.0 Å². The van der Waals surface area contributed by atoms with Gasteiger partial charge in [-0.25, -0.2) is 0 Å². The summed E-state index contributed by atoms with van der Waals surface area (Å²) in [6.45, 7) is 0.374. The molecule has 0 heterocycles. The van der Waals surface area contributed by atoms with Crippen LogP contribution in [0.2, 0.25) is 0 Å². The van der Waals surface area contributed by atoms with E-state index in [4.69, 9.17) is 5.73 Å². The van der Waals surface area contributed by atoms with Crippen molar-refractivity contribution >= 4 is 5.78 Å². The van der Waals surface area contributed by atoms with Crippen molar-refractivity contribution in [2.24, 2.45) is 17.6 Å². The van der Waals surface area contributed by atoms with Crippen LogP contribution in [-0.2, 0) is 0 Å². The van der Waals surface area contributed by atoms with Crippen molar-refractivity contribution in [3.63, 3.8) is 0 Å². The normalized spacial score (nSPS) is 22.8. The molecule has 3 nitrogen and oxygen atoms in total. The largest absolute Gasteiger partial charge is 0.573 e. The van der Waals surface area contributed by atoms with Gasteiger partial charge in [0.1, 0.15) is 5.75 Å². The molecule has 2 rings (SSSR count). The zero-order chi connectivity index (χ0) is 14.8. The van der Waals surface area contributed by atoms with Crippen LogP contribution in [0.15, 0.2) is 24.3 Å². The van der Waals surface area contributed by atoms with Gasteiger partial charge in [0.05, 0.1) is 5.56 Å². The molecule has 20 heavy (non-hydrogen) atoms. The number of Topliss-reactive ketones (excluding diaryl/α,β-unsaturated/α-hetero) is 1. The molecule has 0 aromatic heterocycles. The summed E-state index contributed by atoms with van der Waals surface area (Å²) in [5, 5.41) is 0. The average molecular weight is 287 g/mol. The first kappa shape index (κ1) is 14.8. The number of carbonyl (C=O) groups is 1. The molecule has 2 unspecified atom stereocenters. The molecule has 1 aliphatic rings. The number of alkyl halides is 3. The Balaban J connectivity index is 2.26. The van der Waals surface area contributed by atoms with E-state index >= 15 is 0 Å². The number of hydrogen-bond acceptors (Lipinski definition) is 3. The summed E-state index contributed by atoms with van der Waals surface area (Å²) < 4.78 is 41.0. The predicted molar refractivity (Wildman–Crippen MR) is 67.3 cm³/mol. The molecule has 0 saturated heterocycles. The van der Waals surface area contributed by atoms with Crippen LogP contribution in [0.4, 0.5) is 13.2 Å². The molecule has 6 heteroatoms. The van der Waals surface area contributed by atoms with E-state index < -0.39 is 12.1 Å². The highest BCUT2D eigenvalue weighted by molar-refractivity contribution is 6.00. The van der Waals surface area contributed by atoms with Crippen molar-refractivity contribution in [2.45, 2.75) is 25.6 Å². The molecule has 2 atom stereocenters. The van der Waals surface area contributed by atoms with Gasteiger partial charge < -0.3 is 10.5 Å². The number of ether oxygens (including phenoxy) is 1. The average Bonchev–Trinajstić information content (AvgIpc) is 2.85. The molecule has 1 aliphatic carbocycles. The maximum atomic E-state index is 12.4. The number of para-hydroxylation sites is 1. The third-order valence-electron chi connectivity index (χ3n) is 3.68. The van der Waals surface area contributed by atoms with Gasteiger partial charge in [-0.05, 0) is 37.4 Å². The third-order valence-corrected chi connectivity index (χ3v) is 3.68. The number of ketones is 1. The summed E-state index contributed by atoms with van der Waals surface area (Å²) in [5.74, 6) is -1.01. The topological polar surface area (TPSA) is 52.3 Å². The van der Waals surface area contributed by atoms with Crippen LogP contribution in [0.25, 0.3) is 0 Å². The van der Waals surface area contributed by atoms with Crippen molar-refractivity contribution in [2.75, 3.05) is 6.54 Å². The van der Waals surface area contributed by atoms with Crippen LogP contribution < -0.4 is 10.5 Å². The lowest BCUT2D eigenvalue weighted by atomic mass is 9.88. The molecule has 1 aromatic carbocycles. The van der Waals surface area contributed by atoms with Gasteiger partial charge in [0.25, 0.3) is 0 Å². The maximum absolute atomic E-state index is 12.4. The number of rotatable bonds is 4. The van der Waals surface area contributed by atoms with Crippen molar-refractivity contribution in [3.05, 3.63) is 29.8 Å². The Labute approximate surface area is 114 Å². The fourth-order valence-corrected chi connectivity index (χ4v) is 2.75. The first-order chi connectivity index (χ1) is 9.42. The quantitative estimate of drug-likeness (QED) is 0.865. The van der Waals surface area contributed by atoms with E-state index in [1.54, 1.807) is 0 Å². The number of nitrogens with two attached hydrogens (primary N) is 1. The minimum absolute atomic E-state index is 0.0184. The highest BCUT2D eigenvalue weighted by atomic mass is 19.4. The fourth-order valence-electron chi connectivity index (χ4n) is 2.75. The van der Waals surface area contributed by atoms with E-state index in [0.717, 1.165) is 18.9 Å². The molecule has 0 spiro atoms. The molecule has 110 valence electrons. The van der Waals surface area contributed by atoms with Crippen LogP contribution in [0, 0.1) is 11.8 Å². The second kappa shape index (κ2) is 5.83. The number of carbonyl (C=O) groups excluding carboxylic acids is 1. The smallest absolute Gasteiger partial charge is 0.405 e. The summed E-state index contributed by atoms with van der Waals surface area (Å²) in [6.07, 6.45) is -2.42. The second-order valence-electron chi connectivity index (χ2n) is 4.94. The molecular weight excluding hydrogens is 271 g/mol. The number of halogens is 3. The van der Waals surface area contributed by atoms with Gasteiger partial charge in [0.2, 0.25) is 0 Å². The number of hydrogen-bond donors (Lipinski definition) is 1. The molecular formula is C14H16F3NO2. The highest BCUT2D eigenvalue weighted by Gasteiger charge is 2.36. The van der Waals surface area contributed by atoms with Crippen LogP contribution in [-0.4, -0.2) is 18.7 Å². The van der Waals surface area contributed by atoms with Crippen LogP contribution >= 0.6 is 0 Å². The summed E-state index contributed by atoms with van der Waals surface area (Å²) in [7, 11) is 0. The van der Waals surface area contributed by atoms with Gasteiger partial charge in [0.15, 0.2) is 5.78 Å².